The molecule has 168 valence electrons. The van der Waals surface area contributed by atoms with Gasteiger partial charge in [0.05, 0.1) is 11.7 Å². The molecule has 2 rings (SSSR count). The predicted octanol–water partition coefficient (Wildman–Crippen LogP) is 3.31. The molecule has 1 saturated heterocycles. The van der Waals surface area contributed by atoms with Crippen molar-refractivity contribution in [1.29, 1.82) is 0 Å². The summed E-state index contributed by atoms with van der Waals surface area (Å²) in [5.74, 6) is -1.39. The molecule has 7 nitrogen and oxygen atoms in total. The van der Waals surface area contributed by atoms with Gasteiger partial charge in [0.2, 0.25) is 5.88 Å². The molecule has 2 heterocycles. The highest BCUT2D eigenvalue weighted by molar-refractivity contribution is 7.97. The molecule has 1 aliphatic rings. The number of nitrogens with two attached hydrogens (primary N) is 1. The number of nitrogens with zero attached hydrogens (tertiary/aromatic N) is 2. The predicted molar refractivity (Wildman–Crippen MR) is 107 cm³/mol. The number of carboxylic acids is 1. The first-order chi connectivity index (χ1) is 14.1. The van der Waals surface area contributed by atoms with Crippen molar-refractivity contribution in [3.63, 3.8) is 0 Å². The zero-order valence-electron chi connectivity index (χ0n) is 16.8. The monoisotopic (exact) mass is 449 g/mol. The molecule has 11 heteroatoms. The third-order valence-corrected chi connectivity index (χ3v) is 5.49. The molecule has 0 amide bonds. The Kier molecular flexibility index (Phi) is 10.8. The van der Waals surface area contributed by atoms with Crippen molar-refractivity contribution in [2.24, 2.45) is 11.1 Å². The summed E-state index contributed by atoms with van der Waals surface area (Å²) in [5.41, 5.74) is 5.10. The SMILES string of the molecule is CC(=O)C(F)F.CC1(C(=O)O)CCN(Sc2ccc(OC/C(=C\F)CN)nc2)CC1. The molecule has 0 spiro atoms. The van der Waals surface area contributed by atoms with E-state index in [1.807, 2.05) is 6.07 Å². The van der Waals surface area contributed by atoms with Gasteiger partial charge in [-0.15, -0.1) is 0 Å². The van der Waals surface area contributed by atoms with Crippen LogP contribution in [0.5, 0.6) is 5.88 Å². The highest BCUT2D eigenvalue weighted by Crippen LogP contribution is 2.35. The average Bonchev–Trinajstić information content (AvgIpc) is 2.72. The quantitative estimate of drug-likeness (QED) is 0.583. The maximum atomic E-state index is 12.4. The molecule has 0 aliphatic carbocycles. The first kappa shape index (κ1) is 25.9. The van der Waals surface area contributed by atoms with Crippen LogP contribution in [0.1, 0.15) is 26.7 Å². The number of aliphatic carboxylic acids is 1. The van der Waals surface area contributed by atoms with Gasteiger partial charge in [0, 0.05) is 49.3 Å². The van der Waals surface area contributed by atoms with Crippen LogP contribution in [0.3, 0.4) is 0 Å². The Hall–Kier alpha value is -2.11. The van der Waals surface area contributed by atoms with Gasteiger partial charge < -0.3 is 15.6 Å². The zero-order valence-corrected chi connectivity index (χ0v) is 17.6. The minimum absolute atomic E-state index is 0.0758. The Morgan fingerprint density at radius 1 is 1.40 bits per heavy atom. The van der Waals surface area contributed by atoms with Gasteiger partial charge in [0.25, 0.3) is 6.43 Å². The van der Waals surface area contributed by atoms with Gasteiger partial charge in [0.15, 0.2) is 5.78 Å². The second kappa shape index (κ2) is 12.6. The van der Waals surface area contributed by atoms with Crippen molar-refractivity contribution in [2.75, 3.05) is 26.2 Å². The number of Topliss-reactive ketones (excluding diaryl/α,β-unsaturated/α-hetero) is 1. The van der Waals surface area contributed by atoms with Gasteiger partial charge in [-0.2, -0.15) is 0 Å². The summed E-state index contributed by atoms with van der Waals surface area (Å²) in [5, 5.41) is 9.24. The van der Waals surface area contributed by atoms with Crippen molar-refractivity contribution < 1.29 is 32.6 Å². The average molecular weight is 449 g/mol. The normalized spacial score (nSPS) is 16.6. The number of aromatic nitrogens is 1. The van der Waals surface area contributed by atoms with Crippen LogP contribution in [-0.4, -0.2) is 58.8 Å². The van der Waals surface area contributed by atoms with E-state index in [0.717, 1.165) is 11.8 Å². The highest BCUT2D eigenvalue weighted by Gasteiger charge is 2.37. The van der Waals surface area contributed by atoms with E-state index < -0.39 is 23.6 Å². The van der Waals surface area contributed by atoms with Gasteiger partial charge in [0.1, 0.15) is 6.61 Å². The lowest BCUT2D eigenvalue weighted by molar-refractivity contribution is -0.150. The van der Waals surface area contributed by atoms with Crippen LogP contribution in [0.25, 0.3) is 0 Å². The molecular weight excluding hydrogens is 423 g/mol. The van der Waals surface area contributed by atoms with Crippen molar-refractivity contribution in [1.82, 2.24) is 9.29 Å². The maximum absolute atomic E-state index is 12.4. The fourth-order valence-corrected chi connectivity index (χ4v) is 3.13. The van der Waals surface area contributed by atoms with Crippen molar-refractivity contribution >= 4 is 23.7 Å². The van der Waals surface area contributed by atoms with Crippen molar-refractivity contribution in [2.45, 2.75) is 38.0 Å². The number of ether oxygens (including phenoxy) is 1. The number of ketones is 1. The molecule has 30 heavy (non-hydrogen) atoms. The highest BCUT2D eigenvalue weighted by atomic mass is 32.2. The summed E-state index contributed by atoms with van der Waals surface area (Å²) >= 11 is 1.55. The molecule has 0 aromatic carbocycles. The molecule has 3 N–H and O–H groups in total. The fourth-order valence-electron chi connectivity index (χ4n) is 2.24. The fraction of sp³-hybridized carbons (Fsp3) is 0.526. The number of piperidine rings is 1. The van der Waals surface area contributed by atoms with E-state index in [0.29, 0.717) is 43.7 Å². The lowest BCUT2D eigenvalue weighted by atomic mass is 9.81. The minimum Gasteiger partial charge on any atom is -0.481 e. The van der Waals surface area contributed by atoms with Crippen LogP contribution in [0.2, 0.25) is 0 Å². The first-order valence-corrected chi connectivity index (χ1v) is 9.90. The van der Waals surface area contributed by atoms with E-state index in [4.69, 9.17) is 10.5 Å². The number of carbonyl (C=O) groups is 2. The summed E-state index contributed by atoms with van der Waals surface area (Å²) < 4.78 is 41.5. The van der Waals surface area contributed by atoms with Crippen LogP contribution >= 0.6 is 11.9 Å². The standard InChI is InChI=1S/C16H22FN3O3S.C3H4F2O/c1-16(15(21)22)4-6-20(7-5-16)24-13-2-3-14(19-10-13)23-11-12(8-17)9-18;1-2(6)3(4)5/h2-3,8,10H,4-7,9,11,18H2,1H3,(H,21,22);3H,1H3/b12-8-;. The van der Waals surface area contributed by atoms with Gasteiger partial charge in [-0.1, -0.05) is 0 Å². The zero-order chi connectivity index (χ0) is 22.7. The number of halogens is 3. The van der Waals surface area contributed by atoms with E-state index in [1.165, 1.54) is 0 Å². The summed E-state index contributed by atoms with van der Waals surface area (Å²) in [7, 11) is 0. The van der Waals surface area contributed by atoms with E-state index in [2.05, 4.69) is 9.29 Å². The van der Waals surface area contributed by atoms with Crippen LogP contribution in [-0.2, 0) is 9.59 Å². The van der Waals surface area contributed by atoms with Crippen LogP contribution in [0, 0.1) is 5.41 Å². The van der Waals surface area contributed by atoms with Gasteiger partial charge >= 0.3 is 5.97 Å². The first-order valence-electron chi connectivity index (χ1n) is 9.13. The second-order valence-corrected chi connectivity index (χ2v) is 8.06. The summed E-state index contributed by atoms with van der Waals surface area (Å²) in [6.07, 6.45) is 0.602. The summed E-state index contributed by atoms with van der Waals surface area (Å²) in [4.78, 5) is 25.8. The number of rotatable bonds is 8. The van der Waals surface area contributed by atoms with Crippen molar-refractivity contribution in [3.05, 3.63) is 30.2 Å². The summed E-state index contributed by atoms with van der Waals surface area (Å²) in [6.45, 7) is 4.26. The van der Waals surface area contributed by atoms with Crippen molar-refractivity contribution in [3.8, 4) is 5.88 Å². The largest absolute Gasteiger partial charge is 0.481 e. The molecule has 0 unspecified atom stereocenters. The lowest BCUT2D eigenvalue weighted by Gasteiger charge is -2.35. The Morgan fingerprint density at radius 3 is 2.40 bits per heavy atom. The Bertz CT molecular complexity index is 724. The van der Waals surface area contributed by atoms with Gasteiger partial charge in [-0.3, -0.25) is 9.59 Å². The molecule has 1 aliphatic heterocycles. The van der Waals surface area contributed by atoms with E-state index in [-0.39, 0.29) is 13.2 Å². The number of carboxylic acid groups (broad SMARTS) is 1. The van der Waals surface area contributed by atoms with E-state index >= 15 is 0 Å². The van der Waals surface area contributed by atoms with Crippen LogP contribution in [0.4, 0.5) is 13.2 Å². The number of hydrogen-bond acceptors (Lipinski definition) is 7. The molecule has 0 bridgehead atoms. The molecule has 0 radical (unpaired) electrons. The Morgan fingerprint density at radius 2 is 2.00 bits per heavy atom. The summed E-state index contributed by atoms with van der Waals surface area (Å²) in [6, 6.07) is 3.60. The third kappa shape index (κ3) is 8.72. The molecule has 1 fully saturated rings. The van der Waals surface area contributed by atoms with E-state index in [1.54, 1.807) is 31.1 Å². The van der Waals surface area contributed by atoms with Gasteiger partial charge in [-0.25, -0.2) is 22.5 Å². The molecule has 1 aromatic rings. The Balaban J connectivity index is 0.000000656. The number of alkyl halides is 2. The number of hydrogen-bond donors (Lipinski definition) is 2. The molecule has 0 saturated carbocycles. The third-order valence-electron chi connectivity index (χ3n) is 4.42. The molecule has 1 aromatic heterocycles. The lowest BCUT2D eigenvalue weighted by Crippen LogP contribution is -2.39. The Labute approximate surface area is 177 Å². The number of pyridine rings is 1. The maximum Gasteiger partial charge on any atom is 0.309 e. The topological polar surface area (TPSA) is 106 Å². The molecular formula is C19H26F3N3O4S. The van der Waals surface area contributed by atoms with Crippen LogP contribution in [0.15, 0.2) is 35.1 Å². The van der Waals surface area contributed by atoms with E-state index in [9.17, 15) is 27.9 Å². The van der Waals surface area contributed by atoms with Gasteiger partial charge in [-0.05, 0) is 37.8 Å². The second-order valence-electron chi connectivity index (χ2n) is 6.89. The minimum atomic E-state index is -2.79. The number of carbonyl (C=O) groups excluding carboxylic acids is 1. The van der Waals surface area contributed by atoms with Crippen LogP contribution < -0.4 is 10.5 Å². The smallest absolute Gasteiger partial charge is 0.309 e. The molecule has 0 atom stereocenters.